The first kappa shape index (κ1) is 30.5. The molecular weight excluding hydrogens is 572 g/mol. The maximum atomic E-state index is 11.7. The predicted molar refractivity (Wildman–Crippen MR) is 170 cm³/mol. The van der Waals surface area contributed by atoms with Gasteiger partial charge in [-0.05, 0) is 24.3 Å². The van der Waals surface area contributed by atoms with Gasteiger partial charge in [0.05, 0.1) is 38.4 Å². The molecule has 2 fully saturated rings. The number of nitrogens with one attached hydrogen (secondary N) is 2. The molecule has 5 rings (SSSR count). The number of anilines is 6. The summed E-state index contributed by atoms with van der Waals surface area (Å²) in [6.07, 6.45) is 1.54. The molecule has 2 saturated heterocycles. The number of ether oxygens (including phenoxy) is 2. The van der Waals surface area contributed by atoms with Gasteiger partial charge in [0.15, 0.2) is 5.82 Å². The molecule has 3 aromatic rings. The Morgan fingerprint density at radius 3 is 1.98 bits per heavy atom. The van der Waals surface area contributed by atoms with Crippen LogP contribution in [0, 0.1) is 0 Å². The van der Waals surface area contributed by atoms with Crippen molar-refractivity contribution in [1.29, 1.82) is 0 Å². The molecule has 0 saturated carbocycles. The average molecular weight is 611 g/mol. The van der Waals surface area contributed by atoms with Crippen LogP contribution in [0.2, 0.25) is 5.02 Å². The van der Waals surface area contributed by atoms with Crippen molar-refractivity contribution in [3.63, 3.8) is 0 Å². The van der Waals surface area contributed by atoms with Gasteiger partial charge < -0.3 is 39.9 Å². The summed E-state index contributed by atoms with van der Waals surface area (Å²) < 4.78 is 11.4. The molecule has 0 spiro atoms. The second kappa shape index (κ2) is 14.0. The van der Waals surface area contributed by atoms with Crippen LogP contribution in [0.15, 0.2) is 42.6 Å². The van der Waals surface area contributed by atoms with Gasteiger partial charge in [0.25, 0.3) is 0 Å². The molecule has 0 atom stereocenters. The van der Waals surface area contributed by atoms with E-state index in [0.29, 0.717) is 53.6 Å². The van der Waals surface area contributed by atoms with Crippen LogP contribution in [0.3, 0.4) is 0 Å². The zero-order chi connectivity index (χ0) is 30.3. The van der Waals surface area contributed by atoms with Gasteiger partial charge in [0.2, 0.25) is 11.9 Å². The van der Waals surface area contributed by atoms with E-state index in [2.05, 4.69) is 35.3 Å². The van der Waals surface area contributed by atoms with Crippen LogP contribution in [0.4, 0.5) is 34.5 Å². The van der Waals surface area contributed by atoms with Crippen molar-refractivity contribution in [3.05, 3.63) is 47.6 Å². The number of methoxy groups -OCH3 is 2. The highest BCUT2D eigenvalue weighted by Crippen LogP contribution is 2.35. The van der Waals surface area contributed by atoms with Gasteiger partial charge in [-0.3, -0.25) is 9.69 Å². The highest BCUT2D eigenvalue weighted by Gasteiger charge is 2.21. The standard InChI is InChI=1S/C30H39ClN8O4/c1-21(41)37-12-14-39(15-13-37)23-4-6-25(27(18-23)42-2)33-29-24(31)20-32-30(35-29)34-26-7-5-22(19-28(26)43-3)38-10-8-36(9-11-38)16-17-40/h4-7,18-20,40H,8-17H2,1-3H3,(H2,32,33,34,35). The Bertz CT molecular complexity index is 1410. The number of piperazine rings is 2. The van der Waals surface area contributed by atoms with Crippen LogP contribution in [0.25, 0.3) is 0 Å². The molecule has 1 amide bonds. The molecule has 2 aromatic carbocycles. The Kier molecular flexibility index (Phi) is 9.90. The monoisotopic (exact) mass is 610 g/mol. The summed E-state index contributed by atoms with van der Waals surface area (Å²) in [5.74, 6) is 2.20. The number of halogens is 1. The molecule has 43 heavy (non-hydrogen) atoms. The molecular formula is C30H39ClN8O4. The average Bonchev–Trinajstić information content (AvgIpc) is 3.03. The fourth-order valence-corrected chi connectivity index (χ4v) is 5.51. The minimum atomic E-state index is 0.104. The van der Waals surface area contributed by atoms with E-state index in [1.165, 1.54) is 0 Å². The fourth-order valence-electron chi connectivity index (χ4n) is 5.37. The van der Waals surface area contributed by atoms with E-state index in [1.54, 1.807) is 27.3 Å². The maximum Gasteiger partial charge on any atom is 0.229 e. The van der Waals surface area contributed by atoms with Crippen LogP contribution < -0.4 is 29.9 Å². The first-order valence-corrected chi connectivity index (χ1v) is 14.8. The Labute approximate surface area is 257 Å². The summed E-state index contributed by atoms with van der Waals surface area (Å²) in [4.78, 5) is 29.4. The quantitative estimate of drug-likeness (QED) is 0.313. The number of nitrogens with zero attached hydrogens (tertiary/aromatic N) is 6. The number of aliphatic hydroxyl groups excluding tert-OH is 1. The zero-order valence-electron chi connectivity index (χ0n) is 24.8. The van der Waals surface area contributed by atoms with Gasteiger partial charge in [-0.15, -0.1) is 0 Å². The Morgan fingerprint density at radius 1 is 0.884 bits per heavy atom. The minimum Gasteiger partial charge on any atom is -0.494 e. The first-order valence-electron chi connectivity index (χ1n) is 14.4. The van der Waals surface area contributed by atoms with Crippen molar-refractivity contribution in [3.8, 4) is 11.5 Å². The van der Waals surface area contributed by atoms with Crippen molar-refractivity contribution in [2.24, 2.45) is 0 Å². The first-order chi connectivity index (χ1) is 20.9. The predicted octanol–water partition coefficient (Wildman–Crippen LogP) is 3.42. The van der Waals surface area contributed by atoms with Gasteiger partial charge in [0.1, 0.15) is 16.5 Å². The van der Waals surface area contributed by atoms with Gasteiger partial charge >= 0.3 is 0 Å². The lowest BCUT2D eigenvalue weighted by molar-refractivity contribution is -0.129. The molecule has 0 bridgehead atoms. The Morgan fingerprint density at radius 2 is 1.44 bits per heavy atom. The molecule has 0 unspecified atom stereocenters. The summed E-state index contributed by atoms with van der Waals surface area (Å²) in [6.45, 7) is 8.97. The molecule has 12 nitrogen and oxygen atoms in total. The fraction of sp³-hybridized carbons (Fsp3) is 0.433. The molecule has 230 valence electrons. The molecule has 3 N–H and O–H groups in total. The van der Waals surface area contributed by atoms with Crippen LogP contribution in [0.5, 0.6) is 11.5 Å². The van der Waals surface area contributed by atoms with Crippen molar-refractivity contribution >= 4 is 52.0 Å². The molecule has 0 aliphatic carbocycles. The van der Waals surface area contributed by atoms with Crippen molar-refractivity contribution < 1.29 is 19.4 Å². The summed E-state index contributed by atoms with van der Waals surface area (Å²) >= 11 is 6.49. The molecule has 2 aliphatic rings. The minimum absolute atomic E-state index is 0.104. The number of benzene rings is 2. The molecule has 13 heteroatoms. The number of hydrogen-bond donors (Lipinski definition) is 3. The van der Waals surface area contributed by atoms with Gasteiger partial charge in [-0.2, -0.15) is 4.98 Å². The van der Waals surface area contributed by atoms with Gasteiger partial charge in [0, 0.05) is 89.3 Å². The van der Waals surface area contributed by atoms with Crippen LogP contribution in [-0.2, 0) is 4.79 Å². The lowest BCUT2D eigenvalue weighted by Crippen LogP contribution is -2.48. The largest absolute Gasteiger partial charge is 0.494 e. The topological polar surface area (TPSA) is 119 Å². The number of aromatic nitrogens is 2. The van der Waals surface area contributed by atoms with E-state index in [4.69, 9.17) is 21.1 Å². The summed E-state index contributed by atoms with van der Waals surface area (Å²) in [5.41, 5.74) is 3.53. The van der Waals surface area contributed by atoms with Gasteiger partial charge in [-0.1, -0.05) is 11.6 Å². The number of β-amino-alcohol motifs (C(OH)–C–C–N with tert-alkyl or cyclic N) is 1. The number of carbonyl (C=O) groups is 1. The van der Waals surface area contributed by atoms with E-state index in [0.717, 1.165) is 56.3 Å². The highest BCUT2D eigenvalue weighted by atomic mass is 35.5. The lowest BCUT2D eigenvalue weighted by atomic mass is 10.2. The van der Waals surface area contributed by atoms with E-state index >= 15 is 0 Å². The second-order valence-electron chi connectivity index (χ2n) is 10.5. The highest BCUT2D eigenvalue weighted by molar-refractivity contribution is 6.33. The van der Waals surface area contributed by atoms with Crippen molar-refractivity contribution in [1.82, 2.24) is 19.8 Å². The molecule has 1 aromatic heterocycles. The number of rotatable bonds is 10. The Hall–Kier alpha value is -4.00. The SMILES string of the molecule is COc1cc(N2CCN(CCO)CC2)ccc1Nc1ncc(Cl)c(Nc2ccc(N3CCN(C(C)=O)CC3)cc2OC)n1. The third kappa shape index (κ3) is 7.32. The van der Waals surface area contributed by atoms with E-state index < -0.39 is 0 Å². The summed E-state index contributed by atoms with van der Waals surface area (Å²) in [7, 11) is 3.26. The lowest BCUT2D eigenvalue weighted by Gasteiger charge is -2.36. The third-order valence-corrected chi connectivity index (χ3v) is 8.13. The third-order valence-electron chi connectivity index (χ3n) is 7.86. The van der Waals surface area contributed by atoms with Crippen LogP contribution in [-0.4, -0.2) is 111 Å². The molecule has 0 radical (unpaired) electrons. The molecule has 2 aliphatic heterocycles. The zero-order valence-corrected chi connectivity index (χ0v) is 25.6. The van der Waals surface area contributed by atoms with E-state index in [1.807, 2.05) is 41.3 Å². The number of amides is 1. The maximum absolute atomic E-state index is 11.7. The van der Waals surface area contributed by atoms with Crippen molar-refractivity contribution in [2.75, 3.05) is 100 Å². The normalized spacial score (nSPS) is 15.8. The van der Waals surface area contributed by atoms with E-state index in [9.17, 15) is 9.90 Å². The summed E-state index contributed by atoms with van der Waals surface area (Å²) in [6, 6.07) is 11.9. The van der Waals surface area contributed by atoms with Crippen LogP contribution in [0.1, 0.15) is 6.92 Å². The number of carbonyl (C=O) groups excluding carboxylic acids is 1. The number of hydrogen-bond acceptors (Lipinski definition) is 11. The van der Waals surface area contributed by atoms with Crippen LogP contribution >= 0.6 is 11.6 Å². The second-order valence-corrected chi connectivity index (χ2v) is 10.9. The van der Waals surface area contributed by atoms with E-state index in [-0.39, 0.29) is 12.5 Å². The Balaban J connectivity index is 1.28. The number of aliphatic hydroxyl groups is 1. The van der Waals surface area contributed by atoms with Crippen molar-refractivity contribution in [2.45, 2.75) is 6.92 Å². The van der Waals surface area contributed by atoms with Gasteiger partial charge in [-0.25, -0.2) is 4.98 Å². The summed E-state index contributed by atoms with van der Waals surface area (Å²) in [5, 5.41) is 16.1. The molecule has 3 heterocycles. The smallest absolute Gasteiger partial charge is 0.229 e.